The lowest BCUT2D eigenvalue weighted by Gasteiger charge is -2.45. The van der Waals surface area contributed by atoms with Crippen molar-refractivity contribution in [2.45, 2.75) is 29.5 Å². The van der Waals surface area contributed by atoms with Crippen molar-refractivity contribution in [3.05, 3.63) is 29.8 Å². The van der Waals surface area contributed by atoms with Crippen molar-refractivity contribution >= 4 is 10.0 Å². The average Bonchev–Trinajstić information content (AvgIpc) is 2.90. The summed E-state index contributed by atoms with van der Waals surface area (Å²) in [6.07, 6.45) is 0.729. The molecule has 1 saturated heterocycles. The zero-order chi connectivity index (χ0) is 14.3. The molecule has 0 spiro atoms. The fourth-order valence-electron chi connectivity index (χ4n) is 2.93. The minimum absolute atomic E-state index is 0.0175. The molecule has 20 heavy (non-hydrogen) atoms. The minimum Gasteiger partial charge on any atom is -0.376 e. The summed E-state index contributed by atoms with van der Waals surface area (Å²) in [7, 11) is -3.77. The van der Waals surface area contributed by atoms with Crippen molar-refractivity contribution in [2.24, 2.45) is 11.7 Å². The molecule has 0 bridgehead atoms. The molecule has 1 aromatic carbocycles. The summed E-state index contributed by atoms with van der Waals surface area (Å²) >= 11 is 0. The quantitative estimate of drug-likeness (QED) is 0.813. The highest BCUT2D eigenvalue weighted by Crippen LogP contribution is 2.38. The van der Waals surface area contributed by atoms with E-state index in [2.05, 4.69) is 4.72 Å². The van der Waals surface area contributed by atoms with E-state index in [-0.39, 0.29) is 28.5 Å². The normalized spacial score (nSPS) is 32.2. The van der Waals surface area contributed by atoms with Crippen LogP contribution in [0.5, 0.6) is 0 Å². The summed E-state index contributed by atoms with van der Waals surface area (Å²) in [6, 6.07) is 7.35. The molecule has 0 aromatic heterocycles. The van der Waals surface area contributed by atoms with Crippen molar-refractivity contribution in [1.82, 2.24) is 4.72 Å². The first-order valence-electron chi connectivity index (χ1n) is 6.43. The largest absolute Gasteiger partial charge is 0.376 e. The monoisotopic (exact) mass is 293 g/mol. The number of benzene rings is 1. The molecule has 2 aliphatic rings. The molecule has 6 nitrogen and oxygen atoms in total. The van der Waals surface area contributed by atoms with Crippen LogP contribution in [0, 0.1) is 17.2 Å². The van der Waals surface area contributed by atoms with Crippen LogP contribution >= 0.6 is 0 Å². The van der Waals surface area contributed by atoms with Gasteiger partial charge in [0.1, 0.15) is 6.07 Å². The van der Waals surface area contributed by atoms with Gasteiger partial charge in [0.25, 0.3) is 0 Å². The standard InChI is InChI=1S/C13H15N3O3S/c14-7-8-3-1-2-4-10(8)20(17,18)16-12-11(15)9-5-6-19-13(9)12/h1-4,9,11-13,16H,5-6,15H2. The predicted molar refractivity (Wildman–Crippen MR) is 71.1 cm³/mol. The third kappa shape index (κ3) is 2.01. The van der Waals surface area contributed by atoms with Crippen LogP contribution in [0.2, 0.25) is 0 Å². The Bertz CT molecular complexity index is 668. The maximum absolute atomic E-state index is 12.4. The van der Waals surface area contributed by atoms with Crippen LogP contribution in [0.3, 0.4) is 0 Å². The number of hydrogen-bond acceptors (Lipinski definition) is 5. The number of fused-ring (bicyclic) bond motifs is 1. The van der Waals surface area contributed by atoms with Crippen molar-refractivity contribution in [2.75, 3.05) is 6.61 Å². The van der Waals surface area contributed by atoms with Gasteiger partial charge in [0.2, 0.25) is 10.0 Å². The van der Waals surface area contributed by atoms with Crippen molar-refractivity contribution in [3.63, 3.8) is 0 Å². The first kappa shape index (κ1) is 13.5. The Morgan fingerprint density at radius 1 is 1.40 bits per heavy atom. The SMILES string of the molecule is N#Cc1ccccc1S(=O)(=O)NC1C(N)C2CCOC21. The lowest BCUT2D eigenvalue weighted by molar-refractivity contribution is -0.00924. The zero-order valence-corrected chi connectivity index (χ0v) is 11.5. The third-order valence-corrected chi connectivity index (χ3v) is 5.55. The second-order valence-corrected chi connectivity index (χ2v) is 6.80. The fourth-order valence-corrected chi connectivity index (χ4v) is 4.37. The van der Waals surface area contributed by atoms with E-state index in [1.807, 2.05) is 6.07 Å². The molecule has 2 fully saturated rings. The second kappa shape index (κ2) is 4.82. The van der Waals surface area contributed by atoms with Crippen molar-refractivity contribution < 1.29 is 13.2 Å². The van der Waals surface area contributed by atoms with Crippen LogP contribution in [-0.4, -0.2) is 33.2 Å². The number of nitrogens with two attached hydrogens (primary N) is 1. The summed E-state index contributed by atoms with van der Waals surface area (Å²) in [6.45, 7) is 0.621. The highest BCUT2D eigenvalue weighted by Gasteiger charge is 2.53. The molecule has 1 aromatic rings. The summed E-state index contributed by atoms with van der Waals surface area (Å²) in [5.41, 5.74) is 6.11. The lowest BCUT2D eigenvalue weighted by Crippen LogP contribution is -2.68. The highest BCUT2D eigenvalue weighted by atomic mass is 32.2. The van der Waals surface area contributed by atoms with E-state index >= 15 is 0 Å². The van der Waals surface area contributed by atoms with Gasteiger partial charge in [-0.3, -0.25) is 0 Å². The molecule has 1 saturated carbocycles. The zero-order valence-electron chi connectivity index (χ0n) is 10.7. The molecule has 3 rings (SSSR count). The summed E-state index contributed by atoms with van der Waals surface area (Å²) in [4.78, 5) is -0.0175. The van der Waals surface area contributed by atoms with E-state index < -0.39 is 16.1 Å². The molecule has 0 radical (unpaired) electrons. The minimum atomic E-state index is -3.77. The Hall–Kier alpha value is -1.46. The van der Waals surface area contributed by atoms with Crippen LogP contribution in [0.1, 0.15) is 12.0 Å². The van der Waals surface area contributed by atoms with Crippen LogP contribution in [-0.2, 0) is 14.8 Å². The van der Waals surface area contributed by atoms with Gasteiger partial charge in [-0.25, -0.2) is 13.1 Å². The summed E-state index contributed by atoms with van der Waals surface area (Å²) in [5, 5.41) is 9.00. The second-order valence-electron chi connectivity index (χ2n) is 5.12. The smallest absolute Gasteiger partial charge is 0.242 e. The first-order valence-corrected chi connectivity index (χ1v) is 7.91. The van der Waals surface area contributed by atoms with E-state index in [0.717, 1.165) is 6.42 Å². The number of rotatable bonds is 3. The molecule has 1 heterocycles. The molecule has 106 valence electrons. The van der Waals surface area contributed by atoms with E-state index in [0.29, 0.717) is 6.61 Å². The molecule has 4 unspecified atom stereocenters. The summed E-state index contributed by atoms with van der Waals surface area (Å²) in [5.74, 6) is 0.230. The predicted octanol–water partition coefficient (Wildman–Crippen LogP) is -0.0488. The Balaban J connectivity index is 1.85. The molecular weight excluding hydrogens is 278 g/mol. The van der Waals surface area contributed by atoms with Crippen LogP contribution in [0.4, 0.5) is 0 Å². The maximum Gasteiger partial charge on any atom is 0.242 e. The van der Waals surface area contributed by atoms with Gasteiger partial charge in [-0.05, 0) is 18.6 Å². The number of hydrogen-bond donors (Lipinski definition) is 2. The van der Waals surface area contributed by atoms with Gasteiger partial charge in [0.05, 0.1) is 22.6 Å². The van der Waals surface area contributed by atoms with Gasteiger partial charge in [-0.15, -0.1) is 0 Å². The molecule has 7 heteroatoms. The van der Waals surface area contributed by atoms with Crippen LogP contribution in [0.25, 0.3) is 0 Å². The van der Waals surface area contributed by atoms with Gasteiger partial charge in [-0.1, -0.05) is 12.1 Å². The molecule has 0 amide bonds. The fraction of sp³-hybridized carbons (Fsp3) is 0.462. The van der Waals surface area contributed by atoms with E-state index in [1.54, 1.807) is 12.1 Å². The van der Waals surface area contributed by atoms with E-state index in [9.17, 15) is 8.42 Å². The molecule has 3 N–H and O–H groups in total. The van der Waals surface area contributed by atoms with E-state index in [1.165, 1.54) is 12.1 Å². The molecule has 1 aliphatic carbocycles. The Morgan fingerprint density at radius 2 is 2.15 bits per heavy atom. The Labute approximate surface area is 117 Å². The third-order valence-electron chi connectivity index (χ3n) is 4.03. The van der Waals surface area contributed by atoms with Gasteiger partial charge >= 0.3 is 0 Å². The molecular formula is C13H15N3O3S. The van der Waals surface area contributed by atoms with Crippen molar-refractivity contribution in [3.8, 4) is 6.07 Å². The number of sulfonamides is 1. The first-order chi connectivity index (χ1) is 9.54. The number of nitrogens with one attached hydrogen (secondary N) is 1. The van der Waals surface area contributed by atoms with Gasteiger partial charge in [-0.2, -0.15) is 5.26 Å². The lowest BCUT2D eigenvalue weighted by atomic mass is 9.73. The Kier molecular flexibility index (Phi) is 3.26. The Morgan fingerprint density at radius 3 is 2.90 bits per heavy atom. The maximum atomic E-state index is 12.4. The molecule has 1 aliphatic heterocycles. The number of nitriles is 1. The molecule has 4 atom stereocenters. The van der Waals surface area contributed by atoms with Crippen LogP contribution < -0.4 is 10.5 Å². The van der Waals surface area contributed by atoms with Gasteiger partial charge < -0.3 is 10.5 Å². The van der Waals surface area contributed by atoms with Gasteiger partial charge in [0.15, 0.2) is 0 Å². The summed E-state index contributed by atoms with van der Waals surface area (Å²) < 4.78 is 32.8. The van der Waals surface area contributed by atoms with Crippen LogP contribution in [0.15, 0.2) is 29.2 Å². The van der Waals surface area contributed by atoms with Crippen molar-refractivity contribution in [1.29, 1.82) is 5.26 Å². The highest BCUT2D eigenvalue weighted by molar-refractivity contribution is 7.89. The topological polar surface area (TPSA) is 105 Å². The van der Waals surface area contributed by atoms with Gasteiger partial charge in [0, 0.05) is 18.6 Å². The number of nitrogens with zero attached hydrogens (tertiary/aromatic N) is 1. The van der Waals surface area contributed by atoms with E-state index in [4.69, 9.17) is 15.7 Å². The number of ether oxygens (including phenoxy) is 1. The average molecular weight is 293 g/mol.